The van der Waals surface area contributed by atoms with Gasteiger partial charge in [-0.15, -0.1) is 0 Å². The van der Waals surface area contributed by atoms with Crippen molar-refractivity contribution in [1.29, 1.82) is 0 Å². The number of halogens is 3. The van der Waals surface area contributed by atoms with Crippen LogP contribution in [0.15, 0.2) is 35.1 Å². The summed E-state index contributed by atoms with van der Waals surface area (Å²) in [4.78, 5) is 16.8. The molecule has 0 unspecified atom stereocenters. The zero-order valence-electron chi connectivity index (χ0n) is 13.4. The quantitative estimate of drug-likeness (QED) is 0.890. The molecule has 2 aromatic rings. The molecule has 7 heteroatoms. The number of rotatable bonds is 4. The van der Waals surface area contributed by atoms with Crippen LogP contribution in [-0.4, -0.2) is 10.9 Å². The number of carbonyl (C=O) groups excluding carboxylic acids is 1. The number of benzene rings is 1. The molecule has 0 radical (unpaired) electrons. The van der Waals surface area contributed by atoms with Crippen LogP contribution in [0.2, 0.25) is 0 Å². The van der Waals surface area contributed by atoms with Gasteiger partial charge >= 0.3 is 6.18 Å². The molecule has 2 saturated carbocycles. The first-order valence-corrected chi connectivity index (χ1v) is 8.33. The van der Waals surface area contributed by atoms with Gasteiger partial charge in [-0.05, 0) is 49.8 Å². The second-order valence-corrected chi connectivity index (χ2v) is 6.81. The van der Waals surface area contributed by atoms with E-state index in [1.165, 1.54) is 12.5 Å². The molecular weight excluding hydrogens is 333 g/mol. The first-order valence-electron chi connectivity index (χ1n) is 8.33. The SMILES string of the molecule is O=C(NC1(c2cccc(C(F)(F)F)c2)CCC1)c1ocnc1C1CC1. The van der Waals surface area contributed by atoms with E-state index in [1.807, 2.05) is 0 Å². The van der Waals surface area contributed by atoms with Gasteiger partial charge in [0.2, 0.25) is 5.76 Å². The Morgan fingerprint density at radius 1 is 1.28 bits per heavy atom. The van der Waals surface area contributed by atoms with Crippen LogP contribution in [0, 0.1) is 0 Å². The molecule has 1 amide bonds. The predicted octanol–water partition coefficient (Wildman–Crippen LogP) is 4.38. The first-order chi connectivity index (χ1) is 11.9. The van der Waals surface area contributed by atoms with E-state index in [1.54, 1.807) is 6.07 Å². The van der Waals surface area contributed by atoms with Crippen molar-refractivity contribution < 1.29 is 22.4 Å². The average molecular weight is 350 g/mol. The monoisotopic (exact) mass is 350 g/mol. The third kappa shape index (κ3) is 2.92. The highest BCUT2D eigenvalue weighted by Gasteiger charge is 2.43. The highest BCUT2D eigenvalue weighted by atomic mass is 19.4. The number of hydrogen-bond acceptors (Lipinski definition) is 3. The van der Waals surface area contributed by atoms with Crippen molar-refractivity contribution in [2.24, 2.45) is 0 Å². The van der Waals surface area contributed by atoms with Gasteiger partial charge in [-0.2, -0.15) is 13.2 Å². The Hall–Kier alpha value is -2.31. The predicted molar refractivity (Wildman–Crippen MR) is 82.9 cm³/mol. The van der Waals surface area contributed by atoms with Gasteiger partial charge in [-0.25, -0.2) is 4.98 Å². The lowest BCUT2D eigenvalue weighted by Gasteiger charge is -2.43. The lowest BCUT2D eigenvalue weighted by molar-refractivity contribution is -0.137. The molecule has 25 heavy (non-hydrogen) atoms. The summed E-state index contributed by atoms with van der Waals surface area (Å²) in [6.45, 7) is 0. The Bertz CT molecular complexity index is 805. The number of hydrogen-bond donors (Lipinski definition) is 1. The van der Waals surface area contributed by atoms with E-state index in [0.29, 0.717) is 24.1 Å². The molecule has 132 valence electrons. The number of aromatic nitrogens is 1. The van der Waals surface area contributed by atoms with Crippen molar-refractivity contribution in [3.05, 3.63) is 53.2 Å². The van der Waals surface area contributed by atoms with Crippen molar-refractivity contribution in [3.63, 3.8) is 0 Å². The summed E-state index contributed by atoms with van der Waals surface area (Å²) >= 11 is 0. The van der Waals surface area contributed by atoms with Gasteiger partial charge < -0.3 is 9.73 Å². The molecule has 1 heterocycles. The van der Waals surface area contributed by atoms with Crippen molar-refractivity contribution >= 4 is 5.91 Å². The summed E-state index contributed by atoms with van der Waals surface area (Å²) in [5.41, 5.74) is -0.347. The third-order valence-electron chi connectivity index (χ3n) is 5.07. The fraction of sp³-hybridized carbons (Fsp3) is 0.444. The van der Waals surface area contributed by atoms with Crippen molar-refractivity contribution in [1.82, 2.24) is 10.3 Å². The van der Waals surface area contributed by atoms with Gasteiger partial charge in [0.15, 0.2) is 6.39 Å². The summed E-state index contributed by atoms with van der Waals surface area (Å²) in [6.07, 6.45) is 0.856. The van der Waals surface area contributed by atoms with Crippen LogP contribution in [0.1, 0.15) is 65.4 Å². The maximum atomic E-state index is 13.0. The fourth-order valence-electron chi connectivity index (χ4n) is 3.36. The zero-order chi connectivity index (χ0) is 17.7. The van der Waals surface area contributed by atoms with Gasteiger partial charge in [0.05, 0.1) is 16.8 Å². The number of alkyl halides is 3. The molecule has 1 aromatic carbocycles. The minimum absolute atomic E-state index is 0.181. The average Bonchev–Trinajstić information content (AvgIpc) is 3.26. The fourth-order valence-corrected chi connectivity index (χ4v) is 3.36. The van der Waals surface area contributed by atoms with E-state index >= 15 is 0 Å². The maximum Gasteiger partial charge on any atom is 0.416 e. The third-order valence-corrected chi connectivity index (χ3v) is 5.07. The molecule has 0 saturated heterocycles. The van der Waals surface area contributed by atoms with E-state index in [9.17, 15) is 18.0 Å². The standard InChI is InChI=1S/C18H17F3N2O2/c19-18(20,21)13-4-1-3-12(9-13)17(7-2-8-17)23-16(24)15-14(11-5-6-11)22-10-25-15/h1,3-4,9-11H,2,5-8H2,(H,23,24). The maximum absolute atomic E-state index is 13.0. The summed E-state index contributed by atoms with van der Waals surface area (Å²) in [7, 11) is 0. The largest absolute Gasteiger partial charge is 0.438 e. The molecule has 0 spiro atoms. The molecule has 0 bridgehead atoms. The van der Waals surface area contributed by atoms with E-state index in [2.05, 4.69) is 10.3 Å². The van der Waals surface area contributed by atoms with Crippen molar-refractivity contribution in [2.45, 2.75) is 49.7 Å². The van der Waals surface area contributed by atoms with Crippen LogP contribution in [0.3, 0.4) is 0 Å². The normalized spacial score (nSPS) is 19.3. The molecular formula is C18H17F3N2O2. The van der Waals surface area contributed by atoms with E-state index in [-0.39, 0.29) is 11.7 Å². The Morgan fingerprint density at radius 3 is 2.64 bits per heavy atom. The summed E-state index contributed by atoms with van der Waals surface area (Å²) in [6, 6.07) is 5.19. The van der Waals surface area contributed by atoms with Crippen LogP contribution in [-0.2, 0) is 11.7 Å². The molecule has 2 aliphatic carbocycles. The Balaban J connectivity index is 1.61. The van der Waals surface area contributed by atoms with Gasteiger partial charge in [0.1, 0.15) is 0 Å². The van der Waals surface area contributed by atoms with Crippen LogP contribution in [0.5, 0.6) is 0 Å². The van der Waals surface area contributed by atoms with E-state index in [0.717, 1.165) is 31.4 Å². The number of carbonyl (C=O) groups is 1. The summed E-state index contributed by atoms with van der Waals surface area (Å²) in [5.74, 6) is 0.0302. The van der Waals surface area contributed by atoms with Crippen LogP contribution < -0.4 is 5.32 Å². The second-order valence-electron chi connectivity index (χ2n) is 6.81. The van der Waals surface area contributed by atoms with Crippen molar-refractivity contribution in [2.75, 3.05) is 0 Å². The Morgan fingerprint density at radius 2 is 2.04 bits per heavy atom. The molecule has 2 fully saturated rings. The minimum Gasteiger partial charge on any atom is -0.438 e. The lowest BCUT2D eigenvalue weighted by atomic mass is 9.71. The highest BCUT2D eigenvalue weighted by Crippen LogP contribution is 2.44. The Kier molecular flexibility index (Phi) is 3.63. The zero-order valence-corrected chi connectivity index (χ0v) is 13.4. The molecule has 4 nitrogen and oxygen atoms in total. The van der Waals surface area contributed by atoms with E-state index < -0.39 is 23.2 Å². The molecule has 0 atom stereocenters. The van der Waals surface area contributed by atoms with E-state index in [4.69, 9.17) is 4.42 Å². The first kappa shape index (κ1) is 16.2. The second kappa shape index (κ2) is 5.61. The molecule has 1 aromatic heterocycles. The highest BCUT2D eigenvalue weighted by molar-refractivity contribution is 5.93. The van der Waals surface area contributed by atoms with Crippen LogP contribution in [0.25, 0.3) is 0 Å². The van der Waals surface area contributed by atoms with Gasteiger partial charge in [0, 0.05) is 5.92 Å². The van der Waals surface area contributed by atoms with Gasteiger partial charge in [0.25, 0.3) is 5.91 Å². The summed E-state index contributed by atoms with van der Waals surface area (Å²) < 4.78 is 44.3. The van der Waals surface area contributed by atoms with Crippen LogP contribution >= 0.6 is 0 Å². The smallest absolute Gasteiger partial charge is 0.416 e. The number of oxazole rings is 1. The Labute approximate surface area is 142 Å². The molecule has 2 aliphatic rings. The molecule has 1 N–H and O–H groups in total. The number of nitrogens with zero attached hydrogens (tertiary/aromatic N) is 1. The summed E-state index contributed by atoms with van der Waals surface area (Å²) in [5, 5.41) is 2.91. The molecule has 4 rings (SSSR count). The number of nitrogens with one attached hydrogen (secondary N) is 1. The minimum atomic E-state index is -4.41. The van der Waals surface area contributed by atoms with Crippen LogP contribution in [0.4, 0.5) is 13.2 Å². The van der Waals surface area contributed by atoms with Gasteiger partial charge in [-0.1, -0.05) is 12.1 Å². The van der Waals surface area contributed by atoms with Gasteiger partial charge in [-0.3, -0.25) is 4.79 Å². The van der Waals surface area contributed by atoms with Crippen molar-refractivity contribution in [3.8, 4) is 0 Å². The molecule has 0 aliphatic heterocycles. The topological polar surface area (TPSA) is 55.1 Å². The lowest BCUT2D eigenvalue weighted by Crippen LogP contribution is -2.51. The number of amides is 1.